The molecule has 0 amide bonds. The minimum absolute atomic E-state index is 0.000925. The van der Waals surface area contributed by atoms with Crippen molar-refractivity contribution in [2.24, 2.45) is 0 Å². The fraction of sp³-hybridized carbons (Fsp3) is 0.385. The molecular formula is C13H13BrN2O3. The van der Waals surface area contributed by atoms with E-state index in [9.17, 15) is 10.1 Å². The van der Waals surface area contributed by atoms with E-state index in [-0.39, 0.29) is 12.5 Å². The molecule has 0 aliphatic carbocycles. The lowest BCUT2D eigenvalue weighted by atomic mass is 10.1. The number of hydrogen-bond acceptors (Lipinski definition) is 4. The van der Waals surface area contributed by atoms with Crippen molar-refractivity contribution in [3.63, 3.8) is 0 Å². The van der Waals surface area contributed by atoms with E-state index in [0.717, 1.165) is 10.2 Å². The fourth-order valence-electron chi connectivity index (χ4n) is 2.19. The standard InChI is InChI=1S/C13H13BrN2O3/c14-10-1-2-12(9(5-10)7-15)16-3-4-19-8-11(16)6-13(17)18/h1-2,5,11H,3-4,6,8H2,(H,17,18). The number of anilines is 1. The lowest BCUT2D eigenvalue weighted by molar-refractivity contribution is -0.138. The number of aliphatic carboxylic acids is 1. The number of nitriles is 1. The maximum Gasteiger partial charge on any atom is 0.305 e. The van der Waals surface area contributed by atoms with Gasteiger partial charge in [-0.05, 0) is 18.2 Å². The maximum atomic E-state index is 10.9. The number of nitrogens with zero attached hydrogens (tertiary/aromatic N) is 2. The molecule has 0 aromatic heterocycles. The summed E-state index contributed by atoms with van der Waals surface area (Å²) in [6.45, 7) is 1.50. The van der Waals surface area contributed by atoms with Crippen molar-refractivity contribution in [2.75, 3.05) is 24.7 Å². The van der Waals surface area contributed by atoms with Gasteiger partial charge in [0, 0.05) is 11.0 Å². The highest BCUT2D eigenvalue weighted by Gasteiger charge is 2.27. The largest absolute Gasteiger partial charge is 0.481 e. The number of hydrogen-bond donors (Lipinski definition) is 1. The van der Waals surface area contributed by atoms with Crippen molar-refractivity contribution in [3.05, 3.63) is 28.2 Å². The van der Waals surface area contributed by atoms with Gasteiger partial charge in [-0.2, -0.15) is 5.26 Å². The van der Waals surface area contributed by atoms with E-state index in [1.165, 1.54) is 0 Å². The molecule has 0 spiro atoms. The van der Waals surface area contributed by atoms with E-state index in [1.807, 2.05) is 17.0 Å². The highest BCUT2D eigenvalue weighted by molar-refractivity contribution is 9.10. The molecule has 1 atom stereocenters. The zero-order valence-corrected chi connectivity index (χ0v) is 11.8. The molecule has 1 N–H and O–H groups in total. The number of carbonyl (C=O) groups is 1. The van der Waals surface area contributed by atoms with Gasteiger partial charge in [0.25, 0.3) is 0 Å². The van der Waals surface area contributed by atoms with Crippen molar-refractivity contribution in [2.45, 2.75) is 12.5 Å². The third-order valence-corrected chi connectivity index (χ3v) is 3.52. The molecule has 5 nitrogen and oxygen atoms in total. The summed E-state index contributed by atoms with van der Waals surface area (Å²) < 4.78 is 6.16. The summed E-state index contributed by atoms with van der Waals surface area (Å²) in [5.74, 6) is -0.865. The third-order valence-electron chi connectivity index (χ3n) is 3.03. The van der Waals surface area contributed by atoms with Gasteiger partial charge >= 0.3 is 5.97 Å². The van der Waals surface area contributed by atoms with Gasteiger partial charge in [0.05, 0.1) is 36.9 Å². The minimum atomic E-state index is -0.865. The second-order valence-corrected chi connectivity index (χ2v) is 5.21. The molecule has 1 aromatic carbocycles. The Labute approximate surface area is 119 Å². The first kappa shape index (κ1) is 13.8. The summed E-state index contributed by atoms with van der Waals surface area (Å²) in [6.07, 6.45) is 0.000925. The molecule has 1 unspecified atom stereocenters. The average molecular weight is 325 g/mol. The van der Waals surface area contributed by atoms with Crippen LogP contribution in [0.5, 0.6) is 0 Å². The number of rotatable bonds is 3. The third kappa shape index (κ3) is 3.25. The smallest absolute Gasteiger partial charge is 0.305 e. The summed E-state index contributed by atoms with van der Waals surface area (Å²) >= 11 is 3.33. The van der Waals surface area contributed by atoms with Crippen LogP contribution in [0.25, 0.3) is 0 Å². The fourth-order valence-corrected chi connectivity index (χ4v) is 2.55. The lowest BCUT2D eigenvalue weighted by Gasteiger charge is -2.37. The van der Waals surface area contributed by atoms with Crippen LogP contribution in [0.2, 0.25) is 0 Å². The first-order valence-corrected chi connectivity index (χ1v) is 6.67. The van der Waals surface area contributed by atoms with Crippen molar-refractivity contribution >= 4 is 27.6 Å². The van der Waals surface area contributed by atoms with Crippen LogP contribution in [-0.2, 0) is 9.53 Å². The van der Waals surface area contributed by atoms with Crippen LogP contribution < -0.4 is 4.90 Å². The van der Waals surface area contributed by atoms with Gasteiger partial charge in [-0.25, -0.2) is 0 Å². The molecule has 1 aromatic rings. The van der Waals surface area contributed by atoms with Gasteiger partial charge in [0.1, 0.15) is 6.07 Å². The summed E-state index contributed by atoms with van der Waals surface area (Å²) in [5, 5.41) is 18.1. The van der Waals surface area contributed by atoms with Crippen LogP contribution in [0.1, 0.15) is 12.0 Å². The van der Waals surface area contributed by atoms with Crippen LogP contribution in [0.4, 0.5) is 5.69 Å². The second-order valence-electron chi connectivity index (χ2n) is 4.29. The quantitative estimate of drug-likeness (QED) is 0.920. The number of carboxylic acids is 1. The normalized spacial score (nSPS) is 18.9. The molecule has 0 saturated carbocycles. The number of ether oxygens (including phenoxy) is 1. The SMILES string of the molecule is N#Cc1cc(Br)ccc1N1CCOCC1CC(=O)O. The van der Waals surface area contributed by atoms with Crippen LogP contribution in [0.3, 0.4) is 0 Å². The van der Waals surface area contributed by atoms with Crippen LogP contribution in [0, 0.1) is 11.3 Å². The first-order chi connectivity index (χ1) is 9.11. The van der Waals surface area contributed by atoms with Gasteiger partial charge in [0.15, 0.2) is 0 Å². The molecular weight excluding hydrogens is 312 g/mol. The van der Waals surface area contributed by atoms with Crippen LogP contribution >= 0.6 is 15.9 Å². The zero-order valence-electron chi connectivity index (χ0n) is 10.2. The van der Waals surface area contributed by atoms with Crippen molar-refractivity contribution in [1.82, 2.24) is 0 Å². The predicted molar refractivity (Wildman–Crippen MR) is 73.1 cm³/mol. The Balaban J connectivity index is 2.32. The van der Waals surface area contributed by atoms with E-state index >= 15 is 0 Å². The Morgan fingerprint density at radius 1 is 1.63 bits per heavy atom. The first-order valence-electron chi connectivity index (χ1n) is 5.87. The lowest BCUT2D eigenvalue weighted by Crippen LogP contribution is -2.47. The Kier molecular flexibility index (Phi) is 4.40. The van der Waals surface area contributed by atoms with E-state index in [4.69, 9.17) is 9.84 Å². The Morgan fingerprint density at radius 2 is 2.42 bits per heavy atom. The summed E-state index contributed by atoms with van der Waals surface area (Å²) in [5.41, 5.74) is 1.30. The highest BCUT2D eigenvalue weighted by Crippen LogP contribution is 2.27. The second kappa shape index (κ2) is 6.04. The molecule has 1 heterocycles. The average Bonchev–Trinajstić information content (AvgIpc) is 2.39. The van der Waals surface area contributed by atoms with Crippen LogP contribution in [-0.4, -0.2) is 36.9 Å². The molecule has 100 valence electrons. The number of benzene rings is 1. The van der Waals surface area contributed by atoms with Gasteiger partial charge in [-0.1, -0.05) is 15.9 Å². The summed E-state index contributed by atoms with van der Waals surface area (Å²) in [4.78, 5) is 12.8. The monoisotopic (exact) mass is 324 g/mol. The predicted octanol–water partition coefficient (Wildman–Crippen LogP) is 2.00. The molecule has 1 saturated heterocycles. The van der Waals surface area contributed by atoms with Crippen molar-refractivity contribution < 1.29 is 14.6 Å². The van der Waals surface area contributed by atoms with Gasteiger partial charge in [0.2, 0.25) is 0 Å². The van der Waals surface area contributed by atoms with Crippen LogP contribution in [0.15, 0.2) is 22.7 Å². The molecule has 1 aliphatic rings. The van der Waals surface area contributed by atoms with Crippen molar-refractivity contribution in [1.29, 1.82) is 5.26 Å². The van der Waals surface area contributed by atoms with E-state index in [0.29, 0.717) is 25.3 Å². The Bertz CT molecular complexity index is 527. The topological polar surface area (TPSA) is 73.6 Å². The van der Waals surface area contributed by atoms with Crippen molar-refractivity contribution in [3.8, 4) is 6.07 Å². The van der Waals surface area contributed by atoms with E-state index < -0.39 is 5.97 Å². The molecule has 1 aliphatic heterocycles. The number of halogens is 1. The van der Waals surface area contributed by atoms with Gasteiger partial charge < -0.3 is 14.7 Å². The number of carboxylic acid groups (broad SMARTS) is 1. The highest BCUT2D eigenvalue weighted by atomic mass is 79.9. The molecule has 0 radical (unpaired) electrons. The molecule has 1 fully saturated rings. The Morgan fingerprint density at radius 3 is 3.11 bits per heavy atom. The minimum Gasteiger partial charge on any atom is -0.481 e. The molecule has 19 heavy (non-hydrogen) atoms. The number of morpholine rings is 1. The summed E-state index contributed by atoms with van der Waals surface area (Å²) in [7, 11) is 0. The Hall–Kier alpha value is -1.58. The van der Waals surface area contributed by atoms with Gasteiger partial charge in [-0.15, -0.1) is 0 Å². The van der Waals surface area contributed by atoms with Gasteiger partial charge in [-0.3, -0.25) is 4.79 Å². The molecule has 2 rings (SSSR count). The maximum absolute atomic E-state index is 10.9. The zero-order chi connectivity index (χ0) is 13.8. The summed E-state index contributed by atoms with van der Waals surface area (Å²) in [6, 6.07) is 7.34. The molecule has 6 heteroatoms. The van der Waals surface area contributed by atoms with E-state index in [1.54, 1.807) is 6.07 Å². The molecule has 0 bridgehead atoms. The van der Waals surface area contributed by atoms with E-state index in [2.05, 4.69) is 22.0 Å².